The molecule has 9 heteroatoms. The van der Waals surface area contributed by atoms with Gasteiger partial charge in [0.25, 0.3) is 0 Å². The summed E-state index contributed by atoms with van der Waals surface area (Å²) in [7, 11) is -3.75. The molecule has 0 aromatic heterocycles. The Morgan fingerprint density at radius 3 is 2.31 bits per heavy atom. The van der Waals surface area contributed by atoms with Crippen LogP contribution >= 0.6 is 11.6 Å². The molecule has 1 atom stereocenters. The number of sulfone groups is 1. The van der Waals surface area contributed by atoms with Gasteiger partial charge in [0.1, 0.15) is 0 Å². The van der Waals surface area contributed by atoms with Crippen LogP contribution < -0.4 is 5.32 Å². The van der Waals surface area contributed by atoms with Gasteiger partial charge in [-0.15, -0.1) is 0 Å². The molecule has 0 saturated heterocycles. The molecule has 3 N–H and O–H groups in total. The first-order valence-corrected chi connectivity index (χ1v) is 11.4. The molecular formula is C23H23ClNNaO5S. The van der Waals surface area contributed by atoms with Crippen molar-refractivity contribution in [2.75, 3.05) is 13.1 Å². The van der Waals surface area contributed by atoms with E-state index in [4.69, 9.17) is 16.7 Å². The van der Waals surface area contributed by atoms with E-state index in [1.165, 1.54) is 30.3 Å². The number of hydrogen-bond acceptors (Lipinski definition) is 5. The monoisotopic (exact) mass is 483 g/mol. The molecule has 3 aromatic rings. The van der Waals surface area contributed by atoms with E-state index in [0.717, 1.165) is 11.1 Å². The number of halogens is 1. The van der Waals surface area contributed by atoms with E-state index in [1.807, 2.05) is 6.07 Å². The van der Waals surface area contributed by atoms with Gasteiger partial charge in [-0.05, 0) is 72.6 Å². The van der Waals surface area contributed by atoms with E-state index in [1.54, 1.807) is 36.4 Å². The minimum absolute atomic E-state index is 0. The zero-order valence-corrected chi connectivity index (χ0v) is 18.1. The van der Waals surface area contributed by atoms with Crippen LogP contribution in [0.4, 0.5) is 0 Å². The second kappa shape index (κ2) is 12.0. The Morgan fingerprint density at radius 1 is 0.969 bits per heavy atom. The molecule has 3 aromatic carbocycles. The Kier molecular flexibility index (Phi) is 9.91. The maximum absolute atomic E-state index is 12.9. The molecule has 0 unspecified atom stereocenters. The molecule has 3 rings (SSSR count). The van der Waals surface area contributed by atoms with Crippen molar-refractivity contribution in [3.63, 3.8) is 0 Å². The van der Waals surface area contributed by atoms with Crippen LogP contribution in [0.5, 0.6) is 0 Å². The van der Waals surface area contributed by atoms with E-state index in [2.05, 4.69) is 5.32 Å². The molecule has 0 spiro atoms. The summed E-state index contributed by atoms with van der Waals surface area (Å²) >= 11 is 5.94. The number of carboxylic acid groups (broad SMARTS) is 1. The third kappa shape index (κ3) is 6.89. The Hall–Kier alpha value is -1.71. The van der Waals surface area contributed by atoms with Crippen molar-refractivity contribution in [3.05, 3.63) is 94.5 Å². The Balaban J connectivity index is 0.00000363. The average molecular weight is 484 g/mol. The third-order valence-electron chi connectivity index (χ3n) is 4.78. The van der Waals surface area contributed by atoms with Gasteiger partial charge in [-0.3, -0.25) is 0 Å². The summed E-state index contributed by atoms with van der Waals surface area (Å²) in [4.78, 5) is 11.1. The molecule has 0 aliphatic heterocycles. The topological polar surface area (TPSA) is 104 Å². The Labute approximate surface area is 214 Å². The molecule has 0 amide bonds. The van der Waals surface area contributed by atoms with E-state index in [-0.39, 0.29) is 44.9 Å². The molecule has 0 aliphatic rings. The Morgan fingerprint density at radius 2 is 1.66 bits per heavy atom. The van der Waals surface area contributed by atoms with Gasteiger partial charge in [0.05, 0.1) is 21.5 Å². The summed E-state index contributed by atoms with van der Waals surface area (Å²) in [6, 6.07) is 18.8. The zero-order valence-electron chi connectivity index (χ0n) is 16.5. The van der Waals surface area contributed by atoms with E-state index < -0.39 is 21.9 Å². The fourth-order valence-corrected chi connectivity index (χ4v) is 4.61. The number of aliphatic hydroxyl groups excluding tert-OH is 1. The molecule has 0 saturated carbocycles. The summed E-state index contributed by atoms with van der Waals surface area (Å²) in [6.45, 7) is 0.892. The van der Waals surface area contributed by atoms with Crippen molar-refractivity contribution < 1.29 is 23.4 Å². The van der Waals surface area contributed by atoms with Crippen LogP contribution in [0.1, 0.15) is 27.6 Å². The van der Waals surface area contributed by atoms with Gasteiger partial charge < -0.3 is 15.5 Å². The van der Waals surface area contributed by atoms with Crippen molar-refractivity contribution in [2.24, 2.45) is 0 Å². The average Bonchev–Trinajstić information content (AvgIpc) is 2.77. The molecule has 6 nitrogen and oxygen atoms in total. The van der Waals surface area contributed by atoms with Crippen LogP contribution in [0.3, 0.4) is 0 Å². The van der Waals surface area contributed by atoms with Crippen molar-refractivity contribution in [2.45, 2.75) is 22.3 Å². The van der Waals surface area contributed by atoms with Gasteiger partial charge in [0, 0.05) is 11.6 Å². The van der Waals surface area contributed by atoms with Gasteiger partial charge in [0.15, 0.2) is 0 Å². The van der Waals surface area contributed by atoms with Crippen molar-refractivity contribution in [1.29, 1.82) is 0 Å². The predicted octanol–water partition coefficient (Wildman–Crippen LogP) is 3.09. The van der Waals surface area contributed by atoms with Gasteiger partial charge >= 0.3 is 35.5 Å². The fraction of sp³-hybridized carbons (Fsp3) is 0.174. The van der Waals surface area contributed by atoms with Crippen LogP contribution in [0, 0.1) is 0 Å². The number of aliphatic hydroxyl groups is 1. The second-order valence-electron chi connectivity index (χ2n) is 7.01. The molecule has 0 fully saturated rings. The third-order valence-corrected chi connectivity index (χ3v) is 6.78. The van der Waals surface area contributed by atoms with Crippen LogP contribution in [0.2, 0.25) is 5.02 Å². The summed E-state index contributed by atoms with van der Waals surface area (Å²) in [6.07, 6.45) is -0.122. The van der Waals surface area contributed by atoms with Crippen LogP contribution in [-0.2, 0) is 16.3 Å². The van der Waals surface area contributed by atoms with E-state index >= 15 is 0 Å². The Bertz CT molecular complexity index is 1170. The number of carboxylic acids is 1. The van der Waals surface area contributed by atoms with E-state index in [0.29, 0.717) is 24.5 Å². The predicted molar refractivity (Wildman–Crippen MR) is 125 cm³/mol. The van der Waals surface area contributed by atoms with Crippen LogP contribution in [0.25, 0.3) is 0 Å². The maximum atomic E-state index is 12.9. The first-order valence-electron chi connectivity index (χ1n) is 9.59. The molecule has 0 bridgehead atoms. The number of hydrogen-bond donors (Lipinski definition) is 3. The first-order chi connectivity index (χ1) is 14.8. The minimum atomic E-state index is -3.75. The van der Waals surface area contributed by atoms with Crippen molar-refractivity contribution >= 4 is 57.0 Å². The number of benzene rings is 3. The molecule has 164 valence electrons. The number of rotatable bonds is 9. The van der Waals surface area contributed by atoms with Gasteiger partial charge in [-0.25, -0.2) is 13.2 Å². The molecule has 0 aliphatic carbocycles. The van der Waals surface area contributed by atoms with E-state index in [9.17, 15) is 18.3 Å². The van der Waals surface area contributed by atoms with Gasteiger partial charge in [-0.2, -0.15) is 0 Å². The van der Waals surface area contributed by atoms with Gasteiger partial charge in [0.2, 0.25) is 9.84 Å². The summed E-state index contributed by atoms with van der Waals surface area (Å²) in [5.74, 6) is -1.11. The standard InChI is InChI=1S/C23H22ClNO5S.Na.H/c24-19-5-2-4-18(14-19)22(26)15-25-12-11-16-3-1-6-21(13-16)31(29,30)20-9-7-17(8-10-20)23(27)28;;/h1-10,13-14,22,25-26H,11-12,15H2,(H,27,28);;/t22-;;/m1../s1. The second-order valence-corrected chi connectivity index (χ2v) is 9.39. The summed E-state index contributed by atoms with van der Waals surface area (Å²) in [5, 5.41) is 22.9. The summed E-state index contributed by atoms with van der Waals surface area (Å²) < 4.78 is 25.7. The normalized spacial score (nSPS) is 12.1. The van der Waals surface area contributed by atoms with Crippen molar-refractivity contribution in [1.82, 2.24) is 5.32 Å². The first kappa shape index (κ1) is 26.5. The van der Waals surface area contributed by atoms with Crippen LogP contribution in [-0.4, -0.2) is 67.2 Å². The number of carbonyl (C=O) groups is 1. The zero-order chi connectivity index (χ0) is 22.4. The summed E-state index contributed by atoms with van der Waals surface area (Å²) in [5.41, 5.74) is 1.58. The SMILES string of the molecule is O=C(O)c1ccc(S(=O)(=O)c2cccc(CCNC[C@@H](O)c3cccc(Cl)c3)c2)cc1.[NaH]. The molecule has 32 heavy (non-hydrogen) atoms. The van der Waals surface area contributed by atoms with Crippen LogP contribution in [0.15, 0.2) is 82.6 Å². The number of nitrogens with one attached hydrogen (secondary N) is 1. The number of aromatic carboxylic acids is 1. The van der Waals surface area contributed by atoms with Gasteiger partial charge in [-0.1, -0.05) is 35.9 Å². The molecule has 0 heterocycles. The molecule has 0 radical (unpaired) electrons. The van der Waals surface area contributed by atoms with Crippen molar-refractivity contribution in [3.8, 4) is 0 Å². The quantitative estimate of drug-likeness (QED) is 0.319. The molecular weight excluding hydrogens is 461 g/mol. The fourth-order valence-electron chi connectivity index (χ4n) is 3.08.